The largest absolute Gasteiger partial charge is 0.353 e. The quantitative estimate of drug-likeness (QED) is 0.789. The van der Waals surface area contributed by atoms with Crippen LogP contribution in [0.25, 0.3) is 16.6 Å². The summed E-state index contributed by atoms with van der Waals surface area (Å²) in [5, 5.41) is 10.0. The Morgan fingerprint density at radius 2 is 2.17 bits per heavy atom. The summed E-state index contributed by atoms with van der Waals surface area (Å²) < 4.78 is 0. The summed E-state index contributed by atoms with van der Waals surface area (Å²) in [5.41, 5.74) is 4.10. The Morgan fingerprint density at radius 1 is 1.22 bits per heavy atom. The number of H-pyrrole nitrogens is 1. The first-order valence-corrected chi connectivity index (χ1v) is 7.58. The van der Waals surface area contributed by atoms with Crippen LogP contribution in [-0.2, 0) is 0 Å². The van der Waals surface area contributed by atoms with Crippen LogP contribution < -0.4 is 4.90 Å². The second-order valence-electron chi connectivity index (χ2n) is 5.54. The van der Waals surface area contributed by atoms with Gasteiger partial charge in [-0.1, -0.05) is 6.08 Å². The predicted molar refractivity (Wildman–Crippen MR) is 89.9 cm³/mol. The third-order valence-corrected chi connectivity index (χ3v) is 4.21. The van der Waals surface area contributed by atoms with Crippen molar-refractivity contribution in [2.45, 2.75) is 6.42 Å². The molecule has 0 radical (unpaired) electrons. The second-order valence-corrected chi connectivity index (χ2v) is 5.54. The summed E-state index contributed by atoms with van der Waals surface area (Å²) in [6.07, 6.45) is 8.68. The highest BCUT2D eigenvalue weighted by atomic mass is 15.2. The molecule has 112 valence electrons. The predicted octanol–water partition coefficient (Wildman–Crippen LogP) is 3.12. The third-order valence-electron chi connectivity index (χ3n) is 4.21. The van der Waals surface area contributed by atoms with E-state index in [4.69, 9.17) is 5.26 Å². The summed E-state index contributed by atoms with van der Waals surface area (Å²) in [7, 11) is 0. The van der Waals surface area contributed by atoms with Gasteiger partial charge in [-0.3, -0.25) is 0 Å². The van der Waals surface area contributed by atoms with Gasteiger partial charge in [-0.25, -0.2) is 9.97 Å². The van der Waals surface area contributed by atoms with Crippen LogP contribution in [0, 0.1) is 11.3 Å². The Bertz CT molecular complexity index is 914. The van der Waals surface area contributed by atoms with Crippen molar-refractivity contribution >= 4 is 22.4 Å². The Balaban J connectivity index is 1.58. The van der Waals surface area contributed by atoms with Crippen molar-refractivity contribution < 1.29 is 0 Å². The number of rotatable bonds is 2. The first-order chi connectivity index (χ1) is 11.3. The van der Waals surface area contributed by atoms with Crippen LogP contribution in [0.2, 0.25) is 0 Å². The standard InChI is InChI=1S/C18H15N5/c19-10-13-3-4-17(21-11-13)23-8-5-14(6-9-23)16-12-22-18-15(16)2-1-7-20-18/h1-5,7,11-12H,6,8-9H2,(H,20,22). The molecular weight excluding hydrogens is 286 g/mol. The molecule has 0 unspecified atom stereocenters. The van der Waals surface area contributed by atoms with E-state index in [2.05, 4.69) is 38.1 Å². The van der Waals surface area contributed by atoms with Gasteiger partial charge >= 0.3 is 0 Å². The molecule has 1 aliphatic rings. The maximum Gasteiger partial charge on any atom is 0.137 e. The first-order valence-electron chi connectivity index (χ1n) is 7.58. The van der Waals surface area contributed by atoms with E-state index >= 15 is 0 Å². The van der Waals surface area contributed by atoms with E-state index in [-0.39, 0.29) is 0 Å². The number of nitrogens with one attached hydrogen (secondary N) is 1. The SMILES string of the molecule is N#Cc1ccc(N2CC=C(c3c[nH]c4ncccc34)CC2)nc1. The molecule has 1 aliphatic heterocycles. The molecular formula is C18H15N5. The van der Waals surface area contributed by atoms with E-state index in [0.29, 0.717) is 5.56 Å². The van der Waals surface area contributed by atoms with Gasteiger partial charge in [0.25, 0.3) is 0 Å². The van der Waals surface area contributed by atoms with Crippen molar-refractivity contribution in [2.75, 3.05) is 18.0 Å². The van der Waals surface area contributed by atoms with E-state index in [1.165, 1.54) is 16.5 Å². The molecule has 23 heavy (non-hydrogen) atoms. The Hall–Kier alpha value is -3.13. The number of nitriles is 1. The maximum absolute atomic E-state index is 8.84. The van der Waals surface area contributed by atoms with Gasteiger partial charge in [0.05, 0.1) is 5.56 Å². The zero-order valence-corrected chi connectivity index (χ0v) is 12.5. The van der Waals surface area contributed by atoms with Gasteiger partial charge in [-0.15, -0.1) is 0 Å². The highest BCUT2D eigenvalue weighted by Crippen LogP contribution is 2.29. The van der Waals surface area contributed by atoms with Gasteiger partial charge in [0, 0.05) is 42.6 Å². The average molecular weight is 301 g/mol. The number of aromatic nitrogens is 3. The summed E-state index contributed by atoms with van der Waals surface area (Å²) in [6, 6.07) is 9.89. The van der Waals surface area contributed by atoms with Crippen LogP contribution >= 0.6 is 0 Å². The zero-order valence-electron chi connectivity index (χ0n) is 12.5. The van der Waals surface area contributed by atoms with E-state index in [1.807, 2.05) is 24.4 Å². The highest BCUT2D eigenvalue weighted by molar-refractivity contribution is 5.91. The van der Waals surface area contributed by atoms with Gasteiger partial charge in [0.1, 0.15) is 17.5 Å². The van der Waals surface area contributed by atoms with Gasteiger partial charge in [0.15, 0.2) is 0 Å². The van der Waals surface area contributed by atoms with Gasteiger partial charge in [0.2, 0.25) is 0 Å². The topological polar surface area (TPSA) is 68.6 Å². The minimum absolute atomic E-state index is 0.591. The molecule has 0 aliphatic carbocycles. The summed E-state index contributed by atoms with van der Waals surface area (Å²) in [5.74, 6) is 0.917. The molecule has 1 N–H and O–H groups in total. The van der Waals surface area contributed by atoms with E-state index < -0.39 is 0 Å². The highest BCUT2D eigenvalue weighted by Gasteiger charge is 2.16. The lowest BCUT2D eigenvalue weighted by atomic mass is 9.99. The molecule has 3 aromatic heterocycles. The summed E-state index contributed by atoms with van der Waals surface area (Å²) in [4.78, 5) is 14.2. The summed E-state index contributed by atoms with van der Waals surface area (Å²) in [6.45, 7) is 1.73. The number of hydrogen-bond acceptors (Lipinski definition) is 4. The molecule has 0 fully saturated rings. The summed E-state index contributed by atoms with van der Waals surface area (Å²) >= 11 is 0. The van der Waals surface area contributed by atoms with E-state index in [0.717, 1.165) is 31.0 Å². The third kappa shape index (κ3) is 2.44. The fourth-order valence-electron chi connectivity index (χ4n) is 2.98. The lowest BCUT2D eigenvalue weighted by Gasteiger charge is -2.27. The van der Waals surface area contributed by atoms with Crippen LogP contribution in [0.1, 0.15) is 17.5 Å². The Morgan fingerprint density at radius 3 is 2.91 bits per heavy atom. The number of hydrogen-bond donors (Lipinski definition) is 1. The minimum Gasteiger partial charge on any atom is -0.353 e. The maximum atomic E-state index is 8.84. The Labute approximate surface area is 133 Å². The molecule has 0 bridgehead atoms. The van der Waals surface area contributed by atoms with Gasteiger partial charge in [-0.2, -0.15) is 5.26 Å². The Kier molecular flexibility index (Phi) is 3.28. The minimum atomic E-state index is 0.591. The number of aromatic amines is 1. The van der Waals surface area contributed by atoms with Crippen molar-refractivity contribution in [3.63, 3.8) is 0 Å². The van der Waals surface area contributed by atoms with Crippen LogP contribution in [0.4, 0.5) is 5.82 Å². The van der Waals surface area contributed by atoms with Crippen molar-refractivity contribution in [2.24, 2.45) is 0 Å². The smallest absolute Gasteiger partial charge is 0.137 e. The molecule has 5 nitrogen and oxygen atoms in total. The molecule has 0 saturated carbocycles. The van der Waals surface area contributed by atoms with Crippen LogP contribution in [0.3, 0.4) is 0 Å². The molecule has 4 rings (SSSR count). The lowest BCUT2D eigenvalue weighted by molar-refractivity contribution is 0.817. The van der Waals surface area contributed by atoms with Crippen molar-refractivity contribution in [1.29, 1.82) is 5.26 Å². The number of anilines is 1. The molecule has 4 heterocycles. The van der Waals surface area contributed by atoms with Crippen LogP contribution in [0.5, 0.6) is 0 Å². The second kappa shape index (κ2) is 5.58. The molecule has 0 atom stereocenters. The van der Waals surface area contributed by atoms with Gasteiger partial charge < -0.3 is 9.88 Å². The fraction of sp³-hybridized carbons (Fsp3) is 0.167. The number of fused-ring (bicyclic) bond motifs is 1. The molecule has 0 amide bonds. The van der Waals surface area contributed by atoms with Gasteiger partial charge in [-0.05, 0) is 36.3 Å². The zero-order chi connectivity index (χ0) is 15.6. The number of pyridine rings is 2. The lowest BCUT2D eigenvalue weighted by Crippen LogP contribution is -2.28. The first kappa shape index (κ1) is 13.5. The van der Waals surface area contributed by atoms with Crippen molar-refractivity contribution in [3.8, 4) is 6.07 Å². The normalized spacial score (nSPS) is 14.6. The molecule has 0 spiro atoms. The molecule has 5 heteroatoms. The van der Waals surface area contributed by atoms with E-state index in [1.54, 1.807) is 12.4 Å². The molecule has 0 saturated heterocycles. The van der Waals surface area contributed by atoms with E-state index in [9.17, 15) is 0 Å². The molecule has 3 aromatic rings. The fourth-order valence-corrected chi connectivity index (χ4v) is 2.98. The average Bonchev–Trinajstić information content (AvgIpc) is 3.06. The molecule has 0 aromatic carbocycles. The number of nitrogens with zero attached hydrogens (tertiary/aromatic N) is 4. The van der Waals surface area contributed by atoms with Crippen LogP contribution in [-0.4, -0.2) is 28.0 Å². The monoisotopic (exact) mass is 301 g/mol. The van der Waals surface area contributed by atoms with Crippen molar-refractivity contribution in [3.05, 3.63) is 60.1 Å². The van der Waals surface area contributed by atoms with Crippen LogP contribution in [0.15, 0.2) is 48.9 Å². The van der Waals surface area contributed by atoms with Crippen molar-refractivity contribution in [1.82, 2.24) is 15.0 Å².